The first-order valence-electron chi connectivity index (χ1n) is 7.45. The van der Waals surface area contributed by atoms with E-state index in [9.17, 15) is 4.79 Å². The Labute approximate surface area is 136 Å². The molecule has 0 radical (unpaired) electrons. The first-order valence-corrected chi connectivity index (χ1v) is 7.83. The van der Waals surface area contributed by atoms with Crippen molar-refractivity contribution in [2.75, 3.05) is 0 Å². The van der Waals surface area contributed by atoms with Crippen LogP contribution in [0.15, 0.2) is 54.6 Å². The molecular weight excluding hydrogens is 296 g/mol. The zero-order chi connectivity index (χ0) is 15.9. The van der Waals surface area contributed by atoms with Gasteiger partial charge in [0, 0.05) is 17.5 Å². The fourth-order valence-corrected chi connectivity index (χ4v) is 2.51. The molecule has 4 heteroatoms. The molecule has 0 saturated carbocycles. The van der Waals surface area contributed by atoms with E-state index < -0.39 is 0 Å². The number of nitrogens with one attached hydrogen (secondary N) is 1. The molecule has 0 fully saturated rings. The molecule has 2 atom stereocenters. The molecule has 116 valence electrons. The molecule has 0 saturated heterocycles. The number of halogens is 1. The van der Waals surface area contributed by atoms with Gasteiger partial charge in [-0.25, -0.2) is 0 Å². The predicted molar refractivity (Wildman–Crippen MR) is 90.6 cm³/mol. The molecular formula is C18H21ClN2O. The van der Waals surface area contributed by atoms with Crippen molar-refractivity contribution in [3.05, 3.63) is 70.7 Å². The molecule has 3 nitrogen and oxygen atoms in total. The van der Waals surface area contributed by atoms with Crippen LogP contribution in [-0.4, -0.2) is 5.91 Å². The van der Waals surface area contributed by atoms with E-state index in [1.54, 1.807) is 0 Å². The van der Waals surface area contributed by atoms with Crippen LogP contribution in [0.3, 0.4) is 0 Å². The molecule has 0 aromatic heterocycles. The van der Waals surface area contributed by atoms with Gasteiger partial charge in [0.15, 0.2) is 0 Å². The smallest absolute Gasteiger partial charge is 0.222 e. The van der Waals surface area contributed by atoms with E-state index in [0.717, 1.165) is 17.5 Å². The first-order chi connectivity index (χ1) is 10.6. The van der Waals surface area contributed by atoms with Gasteiger partial charge in [-0.15, -0.1) is 0 Å². The van der Waals surface area contributed by atoms with Crippen molar-refractivity contribution in [1.29, 1.82) is 0 Å². The van der Waals surface area contributed by atoms with Gasteiger partial charge in [0.25, 0.3) is 0 Å². The van der Waals surface area contributed by atoms with Crippen molar-refractivity contribution in [2.45, 2.75) is 31.8 Å². The van der Waals surface area contributed by atoms with Gasteiger partial charge in [0.1, 0.15) is 0 Å². The van der Waals surface area contributed by atoms with Gasteiger partial charge in [0.05, 0.1) is 6.04 Å². The second kappa shape index (κ2) is 7.97. The molecule has 2 rings (SSSR count). The first kappa shape index (κ1) is 16.5. The molecule has 2 aromatic rings. The van der Waals surface area contributed by atoms with E-state index in [0.29, 0.717) is 5.02 Å². The van der Waals surface area contributed by atoms with E-state index in [4.69, 9.17) is 17.3 Å². The van der Waals surface area contributed by atoms with Crippen molar-refractivity contribution in [1.82, 2.24) is 5.32 Å². The summed E-state index contributed by atoms with van der Waals surface area (Å²) in [6, 6.07) is 16.9. The molecule has 0 aliphatic rings. The summed E-state index contributed by atoms with van der Waals surface area (Å²) in [6.07, 6.45) is 1.09. The molecule has 0 unspecified atom stereocenters. The molecule has 2 aromatic carbocycles. The second-order valence-corrected chi connectivity index (χ2v) is 5.74. The molecule has 1 amide bonds. The van der Waals surface area contributed by atoms with Crippen LogP contribution in [0.4, 0.5) is 0 Å². The minimum absolute atomic E-state index is 0.0206. The SMILES string of the molecule is CC[C@@H](NC(=O)C[C@@H](N)c1ccccc1)c1ccc(Cl)cc1. The largest absolute Gasteiger partial charge is 0.349 e. The third kappa shape index (κ3) is 4.58. The van der Waals surface area contributed by atoms with Crippen LogP contribution in [0.25, 0.3) is 0 Å². The maximum absolute atomic E-state index is 12.2. The van der Waals surface area contributed by atoms with Crippen LogP contribution in [0.5, 0.6) is 0 Å². The highest BCUT2D eigenvalue weighted by Crippen LogP contribution is 2.20. The zero-order valence-corrected chi connectivity index (χ0v) is 13.4. The average molecular weight is 317 g/mol. The van der Waals surface area contributed by atoms with Gasteiger partial charge >= 0.3 is 0 Å². The molecule has 0 heterocycles. The standard InChI is InChI=1S/C18H21ClN2O/c1-2-17(14-8-10-15(19)11-9-14)21-18(22)12-16(20)13-6-4-3-5-7-13/h3-11,16-17H,2,12,20H2,1H3,(H,21,22)/t16-,17-/m1/s1. The minimum atomic E-state index is -0.288. The monoisotopic (exact) mass is 316 g/mol. The highest BCUT2D eigenvalue weighted by atomic mass is 35.5. The van der Waals surface area contributed by atoms with E-state index in [-0.39, 0.29) is 24.4 Å². The van der Waals surface area contributed by atoms with Gasteiger partial charge in [-0.3, -0.25) is 4.79 Å². The van der Waals surface area contributed by atoms with E-state index in [1.807, 2.05) is 61.5 Å². The van der Waals surface area contributed by atoms with Gasteiger partial charge in [-0.2, -0.15) is 0 Å². The summed E-state index contributed by atoms with van der Waals surface area (Å²) in [7, 11) is 0. The third-order valence-corrected chi connectivity index (χ3v) is 3.90. The van der Waals surface area contributed by atoms with Crippen LogP contribution >= 0.6 is 11.6 Å². The maximum Gasteiger partial charge on any atom is 0.222 e. The Kier molecular flexibility index (Phi) is 5.99. The number of carbonyl (C=O) groups is 1. The Morgan fingerprint density at radius 1 is 1.09 bits per heavy atom. The van der Waals surface area contributed by atoms with Crippen LogP contribution in [0.1, 0.15) is 43.0 Å². The lowest BCUT2D eigenvalue weighted by Crippen LogP contribution is -2.30. The predicted octanol–water partition coefficient (Wildman–Crippen LogP) is 4.00. The van der Waals surface area contributed by atoms with Crippen molar-refractivity contribution in [3.63, 3.8) is 0 Å². The molecule has 22 heavy (non-hydrogen) atoms. The van der Waals surface area contributed by atoms with Crippen LogP contribution in [0, 0.1) is 0 Å². The number of nitrogens with two attached hydrogens (primary N) is 1. The summed E-state index contributed by atoms with van der Waals surface area (Å²) in [5.41, 5.74) is 8.11. The van der Waals surface area contributed by atoms with Gasteiger partial charge in [-0.1, -0.05) is 61.0 Å². The second-order valence-electron chi connectivity index (χ2n) is 5.30. The highest BCUT2D eigenvalue weighted by Gasteiger charge is 2.16. The number of hydrogen-bond donors (Lipinski definition) is 2. The summed E-state index contributed by atoms with van der Waals surface area (Å²) in [5.74, 6) is -0.0434. The summed E-state index contributed by atoms with van der Waals surface area (Å²) in [6.45, 7) is 2.04. The summed E-state index contributed by atoms with van der Waals surface area (Å²) in [4.78, 5) is 12.2. The van der Waals surface area contributed by atoms with E-state index in [2.05, 4.69) is 5.32 Å². The lowest BCUT2D eigenvalue weighted by molar-refractivity contribution is -0.122. The topological polar surface area (TPSA) is 55.1 Å². The Morgan fingerprint density at radius 2 is 1.73 bits per heavy atom. The molecule has 0 aliphatic carbocycles. The number of benzene rings is 2. The summed E-state index contributed by atoms with van der Waals surface area (Å²) < 4.78 is 0. The van der Waals surface area contributed by atoms with Crippen LogP contribution in [0.2, 0.25) is 5.02 Å². The normalized spacial score (nSPS) is 13.4. The molecule has 0 spiro atoms. The van der Waals surface area contributed by atoms with Crippen LogP contribution < -0.4 is 11.1 Å². The molecule has 0 bridgehead atoms. The minimum Gasteiger partial charge on any atom is -0.349 e. The Balaban J connectivity index is 1.96. The fourth-order valence-electron chi connectivity index (χ4n) is 2.39. The van der Waals surface area contributed by atoms with Gasteiger partial charge in [0.2, 0.25) is 5.91 Å². The quantitative estimate of drug-likeness (QED) is 0.846. The Hall–Kier alpha value is -1.84. The van der Waals surface area contributed by atoms with Gasteiger partial charge in [-0.05, 0) is 29.7 Å². The Bertz CT molecular complexity index is 598. The molecule has 3 N–H and O–H groups in total. The lowest BCUT2D eigenvalue weighted by Gasteiger charge is -2.19. The highest BCUT2D eigenvalue weighted by molar-refractivity contribution is 6.30. The third-order valence-electron chi connectivity index (χ3n) is 3.65. The van der Waals surface area contributed by atoms with Crippen molar-refractivity contribution >= 4 is 17.5 Å². The van der Waals surface area contributed by atoms with Crippen molar-refractivity contribution in [3.8, 4) is 0 Å². The lowest BCUT2D eigenvalue weighted by atomic mass is 10.0. The molecule has 0 aliphatic heterocycles. The van der Waals surface area contributed by atoms with Crippen molar-refractivity contribution in [2.24, 2.45) is 5.73 Å². The summed E-state index contributed by atoms with van der Waals surface area (Å²) in [5, 5.41) is 3.73. The van der Waals surface area contributed by atoms with Crippen molar-refractivity contribution < 1.29 is 4.79 Å². The maximum atomic E-state index is 12.2. The number of carbonyl (C=O) groups excluding carboxylic acids is 1. The average Bonchev–Trinajstić information content (AvgIpc) is 2.54. The zero-order valence-electron chi connectivity index (χ0n) is 12.6. The van der Waals surface area contributed by atoms with E-state index >= 15 is 0 Å². The fraction of sp³-hybridized carbons (Fsp3) is 0.278. The number of hydrogen-bond acceptors (Lipinski definition) is 2. The summed E-state index contributed by atoms with van der Waals surface area (Å²) >= 11 is 5.90. The number of rotatable bonds is 6. The van der Waals surface area contributed by atoms with Crippen LogP contribution in [-0.2, 0) is 4.79 Å². The number of amides is 1. The Morgan fingerprint density at radius 3 is 2.32 bits per heavy atom. The van der Waals surface area contributed by atoms with Gasteiger partial charge < -0.3 is 11.1 Å². The van der Waals surface area contributed by atoms with E-state index in [1.165, 1.54) is 0 Å².